The number of hydrogen-bond donors (Lipinski definition) is 2. The molecular weight excluding hydrogens is 292 g/mol. The van der Waals surface area contributed by atoms with Crippen molar-refractivity contribution in [2.75, 3.05) is 16.8 Å². The van der Waals surface area contributed by atoms with Gasteiger partial charge in [-0.3, -0.25) is 4.79 Å². The van der Waals surface area contributed by atoms with Crippen LogP contribution in [0.5, 0.6) is 0 Å². The zero-order chi connectivity index (χ0) is 15.7. The second-order valence-corrected chi connectivity index (χ2v) is 8.46. The van der Waals surface area contributed by atoms with E-state index in [1.54, 1.807) is 0 Å². The quantitative estimate of drug-likeness (QED) is 0.848. The number of aromatic nitrogens is 2. The van der Waals surface area contributed by atoms with Crippen LogP contribution in [0.25, 0.3) is 0 Å². The number of anilines is 1. The van der Waals surface area contributed by atoms with Gasteiger partial charge in [0, 0.05) is 11.6 Å². The van der Waals surface area contributed by atoms with E-state index in [1.165, 1.54) is 12.4 Å². The van der Waals surface area contributed by atoms with Crippen molar-refractivity contribution in [1.82, 2.24) is 15.3 Å². The topological polar surface area (TPSA) is 101 Å². The number of nitrogens with one attached hydrogen (secondary N) is 2. The molecule has 0 spiro atoms. The van der Waals surface area contributed by atoms with Gasteiger partial charge in [-0.2, -0.15) is 0 Å². The summed E-state index contributed by atoms with van der Waals surface area (Å²) >= 11 is 0. The SMILES string of the molecule is CC(C)(C)NC(=O)c1cnc(NC2CCS(=O)(=O)C2)cn1. The van der Waals surface area contributed by atoms with E-state index >= 15 is 0 Å². The molecular formula is C13H20N4O3S. The number of hydrogen-bond acceptors (Lipinski definition) is 6. The van der Waals surface area contributed by atoms with Crippen molar-refractivity contribution in [2.45, 2.75) is 38.8 Å². The molecule has 0 radical (unpaired) electrons. The Hall–Kier alpha value is -1.70. The van der Waals surface area contributed by atoms with Crippen LogP contribution in [-0.4, -0.2) is 47.4 Å². The van der Waals surface area contributed by atoms with E-state index < -0.39 is 9.84 Å². The predicted molar refractivity (Wildman–Crippen MR) is 79.9 cm³/mol. The van der Waals surface area contributed by atoms with Gasteiger partial charge in [0.1, 0.15) is 11.5 Å². The Morgan fingerprint density at radius 1 is 1.29 bits per heavy atom. The Morgan fingerprint density at radius 2 is 2.00 bits per heavy atom. The van der Waals surface area contributed by atoms with Crippen molar-refractivity contribution in [3.63, 3.8) is 0 Å². The molecule has 1 aliphatic heterocycles. The smallest absolute Gasteiger partial charge is 0.271 e. The van der Waals surface area contributed by atoms with Crippen molar-refractivity contribution in [3.05, 3.63) is 18.1 Å². The van der Waals surface area contributed by atoms with Crippen LogP contribution < -0.4 is 10.6 Å². The monoisotopic (exact) mass is 312 g/mol. The average molecular weight is 312 g/mol. The summed E-state index contributed by atoms with van der Waals surface area (Å²) in [5.41, 5.74) is -0.108. The van der Waals surface area contributed by atoms with Gasteiger partial charge in [-0.05, 0) is 27.2 Å². The van der Waals surface area contributed by atoms with Crippen LogP contribution >= 0.6 is 0 Å². The molecule has 1 atom stereocenters. The third-order valence-electron chi connectivity index (χ3n) is 2.96. The van der Waals surface area contributed by atoms with Gasteiger partial charge in [0.05, 0.1) is 23.9 Å². The summed E-state index contributed by atoms with van der Waals surface area (Å²) in [6.45, 7) is 5.65. The van der Waals surface area contributed by atoms with Gasteiger partial charge in [-0.15, -0.1) is 0 Å². The lowest BCUT2D eigenvalue weighted by atomic mass is 10.1. The van der Waals surface area contributed by atoms with Crippen LogP contribution in [-0.2, 0) is 9.84 Å². The highest BCUT2D eigenvalue weighted by Gasteiger charge is 2.28. The molecule has 1 aromatic heterocycles. The molecule has 7 nitrogen and oxygen atoms in total. The van der Waals surface area contributed by atoms with Gasteiger partial charge in [-0.1, -0.05) is 0 Å². The van der Waals surface area contributed by atoms with Gasteiger partial charge in [0.2, 0.25) is 0 Å². The number of amides is 1. The standard InChI is InChI=1S/C13H20N4O3S/c1-13(2,3)17-12(18)10-6-15-11(7-14-10)16-9-4-5-21(19,20)8-9/h6-7,9H,4-5,8H2,1-3H3,(H,15,16)(H,17,18). The first-order valence-corrected chi connectivity index (χ1v) is 8.58. The predicted octanol–water partition coefficient (Wildman–Crippen LogP) is 0.604. The Kier molecular flexibility index (Phi) is 4.18. The number of carbonyl (C=O) groups is 1. The fraction of sp³-hybridized carbons (Fsp3) is 0.615. The van der Waals surface area contributed by atoms with Gasteiger partial charge in [0.25, 0.3) is 5.91 Å². The highest BCUT2D eigenvalue weighted by molar-refractivity contribution is 7.91. The molecule has 8 heteroatoms. The van der Waals surface area contributed by atoms with Crippen molar-refractivity contribution in [2.24, 2.45) is 0 Å². The second kappa shape index (κ2) is 5.59. The minimum atomic E-state index is -2.93. The van der Waals surface area contributed by atoms with Crippen molar-refractivity contribution >= 4 is 21.6 Å². The maximum atomic E-state index is 11.9. The third kappa shape index (κ3) is 4.66. The van der Waals surface area contributed by atoms with E-state index in [2.05, 4.69) is 20.6 Å². The van der Waals surface area contributed by atoms with Gasteiger partial charge in [0.15, 0.2) is 9.84 Å². The molecule has 1 aliphatic rings. The minimum Gasteiger partial charge on any atom is -0.365 e. The number of sulfone groups is 1. The number of rotatable bonds is 3. The van der Waals surface area contributed by atoms with E-state index in [4.69, 9.17) is 0 Å². The molecule has 1 unspecified atom stereocenters. The lowest BCUT2D eigenvalue weighted by molar-refractivity contribution is 0.0914. The highest BCUT2D eigenvalue weighted by Crippen LogP contribution is 2.15. The van der Waals surface area contributed by atoms with Crippen LogP contribution in [0.3, 0.4) is 0 Å². The summed E-state index contributed by atoms with van der Waals surface area (Å²) in [6.07, 6.45) is 3.39. The van der Waals surface area contributed by atoms with E-state index in [-0.39, 0.29) is 34.7 Å². The molecule has 1 aromatic rings. The van der Waals surface area contributed by atoms with Crippen molar-refractivity contribution in [3.8, 4) is 0 Å². The number of nitrogens with zero attached hydrogens (tertiary/aromatic N) is 2. The van der Waals surface area contributed by atoms with Crippen LogP contribution in [0.1, 0.15) is 37.7 Å². The van der Waals surface area contributed by atoms with Gasteiger partial charge >= 0.3 is 0 Å². The fourth-order valence-corrected chi connectivity index (χ4v) is 3.72. The first-order chi connectivity index (χ1) is 9.65. The third-order valence-corrected chi connectivity index (χ3v) is 4.73. The lowest BCUT2D eigenvalue weighted by Crippen LogP contribution is -2.41. The first-order valence-electron chi connectivity index (χ1n) is 6.76. The fourth-order valence-electron chi connectivity index (χ4n) is 2.04. The Bertz CT molecular complexity index is 620. The van der Waals surface area contributed by atoms with E-state index in [0.29, 0.717) is 12.2 Å². The van der Waals surface area contributed by atoms with Crippen molar-refractivity contribution < 1.29 is 13.2 Å². The Balaban J connectivity index is 1.98. The van der Waals surface area contributed by atoms with Gasteiger partial charge < -0.3 is 10.6 Å². The second-order valence-electron chi connectivity index (χ2n) is 6.24. The summed E-state index contributed by atoms with van der Waals surface area (Å²) in [5, 5.41) is 5.82. The summed E-state index contributed by atoms with van der Waals surface area (Å²) in [4.78, 5) is 20.1. The van der Waals surface area contributed by atoms with Gasteiger partial charge in [-0.25, -0.2) is 18.4 Å². The largest absolute Gasteiger partial charge is 0.365 e. The molecule has 116 valence electrons. The highest BCUT2D eigenvalue weighted by atomic mass is 32.2. The molecule has 2 heterocycles. The molecule has 1 amide bonds. The number of carbonyl (C=O) groups excluding carboxylic acids is 1. The molecule has 1 fully saturated rings. The Morgan fingerprint density at radius 3 is 2.48 bits per heavy atom. The molecule has 0 aliphatic carbocycles. The first kappa shape index (κ1) is 15.7. The maximum absolute atomic E-state index is 11.9. The molecule has 2 rings (SSSR count). The molecule has 21 heavy (non-hydrogen) atoms. The van der Waals surface area contributed by atoms with Crippen LogP contribution in [0.2, 0.25) is 0 Å². The molecule has 0 saturated carbocycles. The summed E-state index contributed by atoms with van der Waals surface area (Å²) in [6, 6.07) is -0.140. The summed E-state index contributed by atoms with van der Waals surface area (Å²) in [7, 11) is -2.93. The maximum Gasteiger partial charge on any atom is 0.271 e. The van der Waals surface area contributed by atoms with E-state index in [1.807, 2.05) is 20.8 Å². The van der Waals surface area contributed by atoms with Crippen LogP contribution in [0.15, 0.2) is 12.4 Å². The molecule has 1 saturated heterocycles. The normalized spacial score (nSPS) is 21.0. The minimum absolute atomic E-state index is 0.112. The van der Waals surface area contributed by atoms with Crippen LogP contribution in [0.4, 0.5) is 5.82 Å². The zero-order valence-corrected chi connectivity index (χ0v) is 13.2. The zero-order valence-electron chi connectivity index (χ0n) is 12.4. The Labute approximate surface area is 124 Å². The average Bonchev–Trinajstić information content (AvgIpc) is 2.67. The van der Waals surface area contributed by atoms with Crippen LogP contribution in [0, 0.1) is 0 Å². The lowest BCUT2D eigenvalue weighted by Gasteiger charge is -2.20. The van der Waals surface area contributed by atoms with E-state index in [0.717, 1.165) is 0 Å². The molecule has 0 aromatic carbocycles. The summed E-state index contributed by atoms with van der Waals surface area (Å²) in [5.74, 6) is 0.500. The molecule has 2 N–H and O–H groups in total. The molecule has 0 bridgehead atoms. The summed E-state index contributed by atoms with van der Waals surface area (Å²) < 4.78 is 22.8. The van der Waals surface area contributed by atoms with Crippen molar-refractivity contribution in [1.29, 1.82) is 0 Å². The van der Waals surface area contributed by atoms with E-state index in [9.17, 15) is 13.2 Å².